The van der Waals surface area contributed by atoms with Crippen LogP contribution in [0.15, 0.2) is 36.4 Å². The maximum atomic E-state index is 13.1. The molecule has 4 heteroatoms. The molecule has 0 aromatic heterocycles. The second-order valence-corrected chi connectivity index (χ2v) is 4.61. The van der Waals surface area contributed by atoms with Crippen LogP contribution < -0.4 is 10.6 Å². The van der Waals surface area contributed by atoms with Crippen molar-refractivity contribution in [3.05, 3.63) is 59.2 Å². The third-order valence-electron chi connectivity index (χ3n) is 3.34. The van der Waals surface area contributed by atoms with Crippen molar-refractivity contribution >= 4 is 11.4 Å². The molecule has 2 nitrogen and oxygen atoms in total. The van der Waals surface area contributed by atoms with Gasteiger partial charge < -0.3 is 10.6 Å². The normalized spacial score (nSPS) is 12.9. The van der Waals surface area contributed by atoms with E-state index in [9.17, 15) is 8.78 Å². The molecule has 2 aromatic carbocycles. The Morgan fingerprint density at radius 3 is 2.84 bits per heavy atom. The summed E-state index contributed by atoms with van der Waals surface area (Å²) in [5.74, 6) is -1.66. The zero-order chi connectivity index (χ0) is 13.2. The molecule has 0 spiro atoms. The Balaban J connectivity index is 1.76. The van der Waals surface area contributed by atoms with Crippen LogP contribution in [0.1, 0.15) is 11.1 Å². The van der Waals surface area contributed by atoms with Gasteiger partial charge in [-0.3, -0.25) is 0 Å². The first kappa shape index (κ1) is 12.0. The number of halogens is 2. The van der Waals surface area contributed by atoms with E-state index >= 15 is 0 Å². The molecule has 0 fully saturated rings. The van der Waals surface area contributed by atoms with Crippen molar-refractivity contribution in [2.45, 2.75) is 13.0 Å². The number of nitrogens with one attached hydrogen (secondary N) is 2. The van der Waals surface area contributed by atoms with E-state index < -0.39 is 11.6 Å². The number of para-hydroxylation sites is 1. The van der Waals surface area contributed by atoms with Gasteiger partial charge in [-0.1, -0.05) is 18.2 Å². The molecule has 3 rings (SSSR count). The third-order valence-corrected chi connectivity index (χ3v) is 3.34. The highest BCUT2D eigenvalue weighted by atomic mass is 19.2. The van der Waals surface area contributed by atoms with Crippen LogP contribution in [0.2, 0.25) is 0 Å². The summed E-state index contributed by atoms with van der Waals surface area (Å²) in [6.45, 7) is 1.54. The lowest BCUT2D eigenvalue weighted by molar-refractivity contribution is 0.509. The van der Waals surface area contributed by atoms with E-state index in [0.717, 1.165) is 30.3 Å². The fourth-order valence-corrected chi connectivity index (χ4v) is 2.36. The maximum Gasteiger partial charge on any atom is 0.160 e. The van der Waals surface area contributed by atoms with Gasteiger partial charge in [0, 0.05) is 30.5 Å². The largest absolute Gasteiger partial charge is 0.384 e. The molecule has 1 heterocycles. The van der Waals surface area contributed by atoms with Crippen molar-refractivity contribution in [1.82, 2.24) is 0 Å². The number of anilines is 2. The van der Waals surface area contributed by atoms with Crippen LogP contribution in [0, 0.1) is 11.6 Å². The van der Waals surface area contributed by atoms with E-state index in [1.165, 1.54) is 17.7 Å². The fourth-order valence-electron chi connectivity index (χ4n) is 2.36. The fraction of sp³-hybridized carbons (Fsp3) is 0.200. The molecule has 0 aliphatic carbocycles. The monoisotopic (exact) mass is 260 g/mol. The molecule has 0 unspecified atom stereocenters. The molecule has 2 aromatic rings. The second kappa shape index (κ2) is 4.88. The summed E-state index contributed by atoms with van der Waals surface area (Å²) in [7, 11) is 0. The number of hydrogen-bond acceptors (Lipinski definition) is 2. The van der Waals surface area contributed by atoms with Crippen molar-refractivity contribution in [2.75, 3.05) is 17.2 Å². The van der Waals surface area contributed by atoms with Gasteiger partial charge in [0.1, 0.15) is 0 Å². The van der Waals surface area contributed by atoms with Gasteiger partial charge in [0.25, 0.3) is 0 Å². The van der Waals surface area contributed by atoms with Crippen LogP contribution in [0.25, 0.3) is 0 Å². The average Bonchev–Trinajstić information content (AvgIpc) is 2.89. The van der Waals surface area contributed by atoms with E-state index in [1.807, 2.05) is 12.1 Å². The predicted octanol–water partition coefficient (Wildman–Crippen LogP) is 3.54. The lowest BCUT2D eigenvalue weighted by atomic mass is 10.1. The minimum atomic E-state index is -0.832. The molecule has 0 saturated carbocycles. The van der Waals surface area contributed by atoms with Gasteiger partial charge in [0.05, 0.1) is 0 Å². The molecular weight excluding hydrogens is 246 g/mol. The summed E-state index contributed by atoms with van der Waals surface area (Å²) >= 11 is 0. The van der Waals surface area contributed by atoms with Crippen molar-refractivity contribution in [2.24, 2.45) is 0 Å². The SMILES string of the molecule is Fc1ccc(NCc2cccc3c2NCC3)cc1F. The van der Waals surface area contributed by atoms with Crippen LogP contribution in [-0.4, -0.2) is 6.54 Å². The maximum absolute atomic E-state index is 13.1. The van der Waals surface area contributed by atoms with E-state index in [0.29, 0.717) is 12.2 Å². The molecule has 0 saturated heterocycles. The molecule has 19 heavy (non-hydrogen) atoms. The van der Waals surface area contributed by atoms with Crippen LogP contribution in [0.3, 0.4) is 0 Å². The van der Waals surface area contributed by atoms with E-state index in [1.54, 1.807) is 0 Å². The Morgan fingerprint density at radius 1 is 1.11 bits per heavy atom. The number of benzene rings is 2. The van der Waals surface area contributed by atoms with Gasteiger partial charge in [-0.05, 0) is 29.7 Å². The summed E-state index contributed by atoms with van der Waals surface area (Å²) in [4.78, 5) is 0. The Hall–Kier alpha value is -2.10. The minimum Gasteiger partial charge on any atom is -0.384 e. The second-order valence-electron chi connectivity index (χ2n) is 4.61. The average molecular weight is 260 g/mol. The Bertz CT molecular complexity index is 611. The Labute approximate surface area is 110 Å². The summed E-state index contributed by atoms with van der Waals surface area (Å²) in [6, 6.07) is 10.0. The molecule has 0 radical (unpaired) electrons. The van der Waals surface area contributed by atoms with Crippen molar-refractivity contribution in [1.29, 1.82) is 0 Å². The molecule has 0 amide bonds. The number of rotatable bonds is 3. The third kappa shape index (κ3) is 2.38. The van der Waals surface area contributed by atoms with Gasteiger partial charge in [-0.2, -0.15) is 0 Å². The molecule has 0 bridgehead atoms. The lowest BCUT2D eigenvalue weighted by Gasteiger charge is -2.11. The summed E-state index contributed by atoms with van der Waals surface area (Å²) in [6.07, 6.45) is 1.04. The summed E-state index contributed by atoms with van der Waals surface area (Å²) in [5, 5.41) is 6.46. The summed E-state index contributed by atoms with van der Waals surface area (Å²) in [5.41, 5.74) is 4.19. The van der Waals surface area contributed by atoms with Gasteiger partial charge in [0.2, 0.25) is 0 Å². The zero-order valence-electron chi connectivity index (χ0n) is 10.3. The lowest BCUT2D eigenvalue weighted by Crippen LogP contribution is -2.03. The van der Waals surface area contributed by atoms with Crippen molar-refractivity contribution < 1.29 is 8.78 Å². The number of hydrogen-bond donors (Lipinski definition) is 2. The van der Waals surface area contributed by atoms with Gasteiger partial charge in [0.15, 0.2) is 11.6 Å². The molecule has 2 N–H and O–H groups in total. The van der Waals surface area contributed by atoms with Crippen LogP contribution in [0.5, 0.6) is 0 Å². The van der Waals surface area contributed by atoms with E-state index in [2.05, 4.69) is 16.7 Å². The topological polar surface area (TPSA) is 24.1 Å². The molecular formula is C15H14F2N2. The quantitative estimate of drug-likeness (QED) is 0.882. The van der Waals surface area contributed by atoms with Crippen molar-refractivity contribution in [3.8, 4) is 0 Å². The van der Waals surface area contributed by atoms with Crippen molar-refractivity contribution in [3.63, 3.8) is 0 Å². The molecule has 98 valence electrons. The van der Waals surface area contributed by atoms with Crippen LogP contribution >= 0.6 is 0 Å². The van der Waals surface area contributed by atoms with E-state index in [4.69, 9.17) is 0 Å². The molecule has 1 aliphatic heterocycles. The van der Waals surface area contributed by atoms with Crippen LogP contribution in [0.4, 0.5) is 20.2 Å². The Morgan fingerprint density at radius 2 is 2.00 bits per heavy atom. The Kier molecular flexibility index (Phi) is 3.07. The molecule has 0 atom stereocenters. The van der Waals surface area contributed by atoms with E-state index in [-0.39, 0.29) is 0 Å². The highest BCUT2D eigenvalue weighted by molar-refractivity contribution is 5.62. The zero-order valence-corrected chi connectivity index (χ0v) is 10.3. The summed E-state index contributed by atoms with van der Waals surface area (Å²) < 4.78 is 25.9. The number of fused-ring (bicyclic) bond motifs is 1. The first-order valence-electron chi connectivity index (χ1n) is 6.27. The van der Waals surface area contributed by atoms with Gasteiger partial charge in [-0.15, -0.1) is 0 Å². The molecule has 1 aliphatic rings. The smallest absolute Gasteiger partial charge is 0.160 e. The van der Waals surface area contributed by atoms with Crippen LogP contribution in [-0.2, 0) is 13.0 Å². The van der Waals surface area contributed by atoms with Gasteiger partial charge >= 0.3 is 0 Å². The minimum absolute atomic E-state index is 0.578. The highest BCUT2D eigenvalue weighted by Gasteiger charge is 2.13. The highest BCUT2D eigenvalue weighted by Crippen LogP contribution is 2.27. The first-order valence-corrected chi connectivity index (χ1v) is 6.27. The first-order chi connectivity index (χ1) is 9.24. The standard InChI is InChI=1S/C15H14F2N2/c16-13-5-4-12(8-14(13)17)19-9-11-3-1-2-10-6-7-18-15(10)11/h1-5,8,18-19H,6-7,9H2. The predicted molar refractivity (Wildman–Crippen MR) is 72.3 cm³/mol. The van der Waals surface area contributed by atoms with Gasteiger partial charge in [-0.25, -0.2) is 8.78 Å².